The second-order valence-corrected chi connectivity index (χ2v) is 5.21. The summed E-state index contributed by atoms with van der Waals surface area (Å²) in [5, 5.41) is 0. The third-order valence-corrected chi connectivity index (χ3v) is 3.83. The molecule has 1 aromatic rings. The van der Waals surface area contributed by atoms with Crippen LogP contribution in [0.1, 0.15) is 25.0 Å². The lowest BCUT2D eigenvalue weighted by atomic mass is 10.0. The molecule has 82 valence electrons. The third-order valence-electron chi connectivity index (χ3n) is 3.11. The van der Waals surface area contributed by atoms with Crippen LogP contribution in [0, 0.1) is 5.92 Å². The zero-order chi connectivity index (χ0) is 10.7. The van der Waals surface area contributed by atoms with Gasteiger partial charge in [-0.25, -0.2) is 0 Å². The summed E-state index contributed by atoms with van der Waals surface area (Å²) >= 11 is 1.74. The highest BCUT2D eigenvalue weighted by Crippen LogP contribution is 2.27. The number of aromatic nitrogens is 1. The molecule has 0 aromatic carbocycles. The number of thioether (sulfide) groups is 1. The van der Waals surface area contributed by atoms with Gasteiger partial charge in [0.25, 0.3) is 0 Å². The van der Waals surface area contributed by atoms with E-state index in [4.69, 9.17) is 5.73 Å². The highest BCUT2D eigenvalue weighted by atomic mass is 32.2. The van der Waals surface area contributed by atoms with Crippen molar-refractivity contribution in [3.8, 4) is 0 Å². The van der Waals surface area contributed by atoms with Gasteiger partial charge in [0.15, 0.2) is 0 Å². The van der Waals surface area contributed by atoms with Gasteiger partial charge in [0.1, 0.15) is 0 Å². The van der Waals surface area contributed by atoms with Crippen molar-refractivity contribution in [1.29, 1.82) is 0 Å². The van der Waals surface area contributed by atoms with E-state index in [2.05, 4.69) is 23.4 Å². The molecule has 2 N–H and O–H groups in total. The monoisotopic (exact) mass is 222 g/mol. The van der Waals surface area contributed by atoms with E-state index < -0.39 is 0 Å². The van der Waals surface area contributed by atoms with Gasteiger partial charge in [0.05, 0.1) is 0 Å². The van der Waals surface area contributed by atoms with Crippen molar-refractivity contribution in [2.75, 3.05) is 6.26 Å². The van der Waals surface area contributed by atoms with E-state index in [1.54, 1.807) is 11.8 Å². The molecule has 0 bridgehead atoms. The van der Waals surface area contributed by atoms with Gasteiger partial charge < -0.3 is 5.73 Å². The molecule has 3 heteroatoms. The Morgan fingerprint density at radius 1 is 1.47 bits per heavy atom. The van der Waals surface area contributed by atoms with E-state index in [9.17, 15) is 0 Å². The highest BCUT2D eigenvalue weighted by molar-refractivity contribution is 7.98. The summed E-state index contributed by atoms with van der Waals surface area (Å²) in [6, 6.07) is 4.73. The first kappa shape index (κ1) is 11.0. The number of hydrogen-bond donors (Lipinski definition) is 1. The molecule has 0 spiro atoms. The Morgan fingerprint density at radius 3 is 2.87 bits per heavy atom. The summed E-state index contributed by atoms with van der Waals surface area (Å²) < 4.78 is 0. The van der Waals surface area contributed by atoms with Crippen molar-refractivity contribution in [1.82, 2.24) is 4.98 Å². The molecule has 1 aromatic heterocycles. The average molecular weight is 222 g/mol. The van der Waals surface area contributed by atoms with Crippen LogP contribution >= 0.6 is 11.8 Å². The van der Waals surface area contributed by atoms with E-state index >= 15 is 0 Å². The van der Waals surface area contributed by atoms with Gasteiger partial charge in [-0.05, 0) is 50.0 Å². The SMILES string of the molecule is CSc1ccc(C[C@H]2CC[C@H](N)C2)nc1. The molecule has 1 heterocycles. The molecule has 15 heavy (non-hydrogen) atoms. The van der Waals surface area contributed by atoms with Crippen LogP contribution in [-0.4, -0.2) is 17.3 Å². The maximum absolute atomic E-state index is 5.90. The number of nitrogens with zero attached hydrogens (tertiary/aromatic N) is 1. The van der Waals surface area contributed by atoms with E-state index in [-0.39, 0.29) is 0 Å². The number of hydrogen-bond acceptors (Lipinski definition) is 3. The van der Waals surface area contributed by atoms with Crippen LogP contribution in [-0.2, 0) is 6.42 Å². The predicted molar refractivity (Wildman–Crippen MR) is 65.0 cm³/mol. The quantitative estimate of drug-likeness (QED) is 0.799. The van der Waals surface area contributed by atoms with Gasteiger partial charge in [0.2, 0.25) is 0 Å². The van der Waals surface area contributed by atoms with Crippen molar-refractivity contribution in [2.24, 2.45) is 11.7 Å². The average Bonchev–Trinajstić information content (AvgIpc) is 2.65. The summed E-state index contributed by atoms with van der Waals surface area (Å²) in [5.41, 5.74) is 7.12. The largest absolute Gasteiger partial charge is 0.328 e. The summed E-state index contributed by atoms with van der Waals surface area (Å²) in [5.74, 6) is 0.757. The minimum absolute atomic E-state index is 0.431. The number of pyridine rings is 1. The van der Waals surface area contributed by atoms with E-state index in [1.165, 1.54) is 29.9 Å². The maximum atomic E-state index is 5.90. The van der Waals surface area contributed by atoms with Gasteiger partial charge in [-0.3, -0.25) is 4.98 Å². The van der Waals surface area contributed by atoms with Gasteiger partial charge >= 0.3 is 0 Å². The number of rotatable bonds is 3. The summed E-state index contributed by atoms with van der Waals surface area (Å²) in [6.07, 6.45) is 8.77. The molecule has 0 aliphatic heterocycles. The van der Waals surface area contributed by atoms with Crippen molar-refractivity contribution in [3.63, 3.8) is 0 Å². The molecule has 1 fully saturated rings. The van der Waals surface area contributed by atoms with E-state index in [0.29, 0.717) is 6.04 Å². The van der Waals surface area contributed by atoms with Crippen molar-refractivity contribution < 1.29 is 0 Å². The fraction of sp³-hybridized carbons (Fsp3) is 0.583. The lowest BCUT2D eigenvalue weighted by molar-refractivity contribution is 0.528. The topological polar surface area (TPSA) is 38.9 Å². The molecular weight excluding hydrogens is 204 g/mol. The molecule has 0 saturated heterocycles. The first-order valence-electron chi connectivity index (χ1n) is 5.52. The molecule has 1 aliphatic rings. The molecule has 2 nitrogen and oxygen atoms in total. The van der Waals surface area contributed by atoms with Crippen LogP contribution < -0.4 is 5.73 Å². The smallest absolute Gasteiger partial charge is 0.0407 e. The van der Waals surface area contributed by atoms with Gasteiger partial charge in [-0.1, -0.05) is 0 Å². The van der Waals surface area contributed by atoms with Crippen LogP contribution in [0.4, 0.5) is 0 Å². The van der Waals surface area contributed by atoms with E-state index in [1.807, 2.05) is 6.20 Å². The van der Waals surface area contributed by atoms with Gasteiger partial charge in [0, 0.05) is 22.8 Å². The Hall–Kier alpha value is -0.540. The van der Waals surface area contributed by atoms with Gasteiger partial charge in [-0.2, -0.15) is 0 Å². The zero-order valence-corrected chi connectivity index (χ0v) is 9.96. The van der Waals surface area contributed by atoms with E-state index in [0.717, 1.165) is 12.3 Å². The van der Waals surface area contributed by atoms with Crippen LogP contribution in [0.3, 0.4) is 0 Å². The summed E-state index contributed by atoms with van der Waals surface area (Å²) in [4.78, 5) is 5.71. The molecule has 1 aliphatic carbocycles. The standard InChI is InChI=1S/C12H18N2S/c1-15-12-5-4-11(14-8-12)7-9-2-3-10(13)6-9/h4-5,8-10H,2-3,6-7,13H2,1H3/t9-,10-/m0/s1. The molecule has 1 saturated carbocycles. The first-order valence-corrected chi connectivity index (χ1v) is 6.75. The normalized spacial score (nSPS) is 25.7. The van der Waals surface area contributed by atoms with Crippen LogP contribution in [0.5, 0.6) is 0 Å². The Bertz CT molecular complexity index is 310. The highest BCUT2D eigenvalue weighted by Gasteiger charge is 2.21. The zero-order valence-electron chi connectivity index (χ0n) is 9.15. The predicted octanol–water partition coefficient (Wildman–Crippen LogP) is 2.47. The van der Waals surface area contributed by atoms with Crippen LogP contribution in [0.15, 0.2) is 23.2 Å². The fourth-order valence-electron chi connectivity index (χ4n) is 2.25. The minimum Gasteiger partial charge on any atom is -0.328 e. The second-order valence-electron chi connectivity index (χ2n) is 4.33. The van der Waals surface area contributed by atoms with Crippen molar-refractivity contribution in [2.45, 2.75) is 36.6 Å². The minimum atomic E-state index is 0.431. The van der Waals surface area contributed by atoms with Crippen LogP contribution in [0.2, 0.25) is 0 Å². The molecule has 2 atom stereocenters. The van der Waals surface area contributed by atoms with Crippen LogP contribution in [0.25, 0.3) is 0 Å². The molecule has 0 unspecified atom stereocenters. The molecule has 0 amide bonds. The Labute approximate surface area is 95.7 Å². The van der Waals surface area contributed by atoms with Crippen molar-refractivity contribution >= 4 is 11.8 Å². The van der Waals surface area contributed by atoms with Gasteiger partial charge in [-0.15, -0.1) is 11.8 Å². The summed E-state index contributed by atoms with van der Waals surface area (Å²) in [7, 11) is 0. The fourth-order valence-corrected chi connectivity index (χ4v) is 2.61. The maximum Gasteiger partial charge on any atom is 0.0407 e. The molecule has 0 radical (unpaired) electrons. The Morgan fingerprint density at radius 2 is 2.33 bits per heavy atom. The summed E-state index contributed by atoms with van der Waals surface area (Å²) in [6.45, 7) is 0. The molecular formula is C12H18N2S. The lowest BCUT2D eigenvalue weighted by Crippen LogP contribution is -2.15. The Balaban J connectivity index is 1.93. The second kappa shape index (κ2) is 4.99. The third kappa shape index (κ3) is 2.95. The van der Waals surface area contributed by atoms with Crippen molar-refractivity contribution in [3.05, 3.63) is 24.0 Å². The Kier molecular flexibility index (Phi) is 3.65. The molecule has 2 rings (SSSR count). The first-order chi connectivity index (χ1) is 7.28. The number of nitrogens with two attached hydrogens (primary N) is 1. The lowest BCUT2D eigenvalue weighted by Gasteiger charge is -2.08.